The summed E-state index contributed by atoms with van der Waals surface area (Å²) >= 11 is 0. The van der Waals surface area contributed by atoms with Crippen molar-refractivity contribution >= 4 is 31.8 Å². The normalized spacial score (nSPS) is 13.8. The Hall–Kier alpha value is -2.77. The van der Waals surface area contributed by atoms with E-state index < -0.39 is 8.32 Å². The Morgan fingerprint density at radius 1 is 0.889 bits per heavy atom. The second-order valence-electron chi connectivity index (χ2n) is 10.4. The van der Waals surface area contributed by atoms with Gasteiger partial charge in [0.2, 0.25) is 0 Å². The smallest absolute Gasteiger partial charge is 0.311 e. The molecule has 0 aromatic heterocycles. The number of esters is 1. The van der Waals surface area contributed by atoms with Gasteiger partial charge in [-0.2, -0.15) is 0 Å². The third-order valence-electron chi connectivity index (χ3n) is 7.21. The molecule has 0 atom stereocenters. The first-order valence-corrected chi connectivity index (χ1v) is 15.1. The number of hydrogen-bond donors (Lipinski definition) is 0. The summed E-state index contributed by atoms with van der Waals surface area (Å²) in [5, 5.41) is 0. The van der Waals surface area contributed by atoms with Crippen molar-refractivity contribution in [3.05, 3.63) is 59.2 Å². The molecule has 0 radical (unpaired) electrons. The van der Waals surface area contributed by atoms with Gasteiger partial charge in [-0.15, -0.1) is 0 Å². The van der Waals surface area contributed by atoms with E-state index in [2.05, 4.69) is 41.5 Å². The lowest BCUT2D eigenvalue weighted by Gasteiger charge is -2.42. The van der Waals surface area contributed by atoms with Crippen LogP contribution in [0.5, 0.6) is 5.75 Å². The summed E-state index contributed by atoms with van der Waals surface area (Å²) in [7, 11) is -2.07. The van der Waals surface area contributed by atoms with Crippen LogP contribution in [0.15, 0.2) is 42.5 Å². The van der Waals surface area contributed by atoms with Crippen LogP contribution in [0, 0.1) is 0 Å². The van der Waals surface area contributed by atoms with Crippen LogP contribution in [0.1, 0.15) is 87.6 Å². The molecule has 0 saturated heterocycles. The Morgan fingerprint density at radius 3 is 1.94 bits per heavy atom. The molecule has 0 saturated carbocycles. The molecule has 0 fully saturated rings. The van der Waals surface area contributed by atoms with Gasteiger partial charge >= 0.3 is 5.97 Å². The molecule has 0 unspecified atom stereocenters. The van der Waals surface area contributed by atoms with E-state index >= 15 is 0 Å². The summed E-state index contributed by atoms with van der Waals surface area (Å²) in [6.07, 6.45) is 1.50. The summed E-state index contributed by atoms with van der Waals surface area (Å²) < 4.78 is 12.2. The fourth-order valence-electron chi connectivity index (χ4n) is 5.66. The number of imide groups is 1. The minimum absolute atomic E-state index is 0.296. The molecule has 0 N–H and O–H groups in total. The van der Waals surface area contributed by atoms with Crippen molar-refractivity contribution in [2.24, 2.45) is 0 Å². The number of rotatable bonds is 11. The van der Waals surface area contributed by atoms with Gasteiger partial charge in [0, 0.05) is 19.1 Å². The monoisotopic (exact) mass is 509 g/mol. The summed E-state index contributed by atoms with van der Waals surface area (Å²) in [6, 6.07) is 12.0. The quantitative estimate of drug-likeness (QED) is 0.142. The molecule has 2 aromatic rings. The Labute approximate surface area is 216 Å². The van der Waals surface area contributed by atoms with Crippen molar-refractivity contribution in [3.8, 4) is 5.75 Å². The fraction of sp³-hybridized carbons (Fsp3) is 0.483. The maximum absolute atomic E-state index is 13.3. The zero-order valence-electron chi connectivity index (χ0n) is 22.6. The van der Waals surface area contributed by atoms with E-state index in [1.54, 1.807) is 36.4 Å². The van der Waals surface area contributed by atoms with Gasteiger partial charge in [-0.05, 0) is 53.2 Å². The molecule has 7 heteroatoms. The van der Waals surface area contributed by atoms with Gasteiger partial charge in [-0.3, -0.25) is 14.4 Å². The summed E-state index contributed by atoms with van der Waals surface area (Å²) in [6.45, 7) is 15.9. The molecule has 1 aliphatic rings. The summed E-state index contributed by atoms with van der Waals surface area (Å²) in [4.78, 5) is 39.9. The second-order valence-corrected chi connectivity index (χ2v) is 15.9. The number of fused-ring (bicyclic) bond motifs is 1. The van der Waals surface area contributed by atoms with Crippen LogP contribution < -0.4 is 9.64 Å². The number of amides is 2. The highest BCUT2D eigenvalue weighted by atomic mass is 28.4. The van der Waals surface area contributed by atoms with Crippen molar-refractivity contribution in [1.29, 1.82) is 0 Å². The Morgan fingerprint density at radius 2 is 1.44 bits per heavy atom. The van der Waals surface area contributed by atoms with E-state index in [-0.39, 0.29) is 17.8 Å². The molecule has 1 aliphatic heterocycles. The number of ether oxygens (including phenoxy) is 1. The fourth-order valence-corrected chi connectivity index (χ4v) is 11.1. The van der Waals surface area contributed by atoms with Crippen molar-refractivity contribution < 1.29 is 23.5 Å². The number of carbonyl (C=O) groups is 3. The number of carbonyl (C=O) groups excluding carboxylic acids is 3. The van der Waals surface area contributed by atoms with Crippen molar-refractivity contribution in [2.45, 2.75) is 84.4 Å². The largest absolute Gasteiger partial charge is 0.426 e. The average Bonchev–Trinajstić information content (AvgIpc) is 3.07. The molecular weight excluding hydrogens is 470 g/mol. The SMILES string of the molecule is CCCC(=O)Oc1ccc(CCO[Si](C(C)C)(C(C)C)C(C)C)c(N2C(=O)c3ccccc3C2=O)c1. The summed E-state index contributed by atoms with van der Waals surface area (Å²) in [5.41, 5.74) is 3.36. The van der Waals surface area contributed by atoms with Gasteiger partial charge in [0.25, 0.3) is 11.8 Å². The van der Waals surface area contributed by atoms with Crippen LogP contribution in [0.3, 0.4) is 0 Å². The molecule has 2 aromatic carbocycles. The van der Waals surface area contributed by atoms with Crippen LogP contribution in [-0.4, -0.2) is 32.7 Å². The molecule has 3 rings (SSSR count). The Kier molecular flexibility index (Phi) is 8.90. The first-order valence-electron chi connectivity index (χ1n) is 13.0. The van der Waals surface area contributed by atoms with Crippen LogP contribution >= 0.6 is 0 Å². The molecular formula is C29H39NO5Si. The van der Waals surface area contributed by atoms with Crippen molar-refractivity contribution in [3.63, 3.8) is 0 Å². The van der Waals surface area contributed by atoms with Crippen LogP contribution in [0.4, 0.5) is 5.69 Å². The topological polar surface area (TPSA) is 72.9 Å². The van der Waals surface area contributed by atoms with Gasteiger partial charge in [0.05, 0.1) is 16.8 Å². The third kappa shape index (κ3) is 5.32. The zero-order valence-corrected chi connectivity index (χ0v) is 23.6. The molecule has 194 valence electrons. The molecule has 1 heterocycles. The molecule has 36 heavy (non-hydrogen) atoms. The second kappa shape index (κ2) is 11.5. The Bertz CT molecular complexity index is 1070. The predicted octanol–water partition coefficient (Wildman–Crippen LogP) is 6.93. The van der Waals surface area contributed by atoms with Gasteiger partial charge in [-0.1, -0.05) is 66.7 Å². The first kappa shape index (κ1) is 27.8. The van der Waals surface area contributed by atoms with Crippen molar-refractivity contribution in [2.75, 3.05) is 11.5 Å². The molecule has 0 bridgehead atoms. The average molecular weight is 510 g/mol. The highest BCUT2D eigenvalue weighted by Gasteiger charge is 2.45. The number of benzene rings is 2. The van der Waals surface area contributed by atoms with E-state index in [9.17, 15) is 14.4 Å². The highest BCUT2D eigenvalue weighted by molar-refractivity contribution is 6.77. The first-order chi connectivity index (χ1) is 17.0. The van der Waals surface area contributed by atoms with Gasteiger partial charge in [-0.25, -0.2) is 4.90 Å². The molecule has 0 spiro atoms. The maximum Gasteiger partial charge on any atom is 0.311 e. The predicted molar refractivity (Wildman–Crippen MR) is 145 cm³/mol. The lowest BCUT2D eigenvalue weighted by Crippen LogP contribution is -2.48. The zero-order chi connectivity index (χ0) is 26.6. The highest BCUT2D eigenvalue weighted by Crippen LogP contribution is 2.42. The number of nitrogens with zero attached hydrogens (tertiary/aromatic N) is 1. The standard InChI is InChI=1S/C29H39NO5Si/c1-8-11-27(31)35-23-15-14-22(16-17-34-36(19(2)3,20(4)5)21(6)7)26(18-23)30-28(32)24-12-9-10-13-25(24)29(30)33/h9-10,12-15,18-21H,8,11,16-17H2,1-7H3. The van der Waals surface area contributed by atoms with Crippen LogP contribution in [0.25, 0.3) is 0 Å². The van der Waals surface area contributed by atoms with E-state index in [1.807, 2.05) is 13.0 Å². The summed E-state index contributed by atoms with van der Waals surface area (Å²) in [5.74, 6) is -0.765. The van der Waals surface area contributed by atoms with E-state index in [4.69, 9.17) is 9.16 Å². The number of anilines is 1. The molecule has 6 nitrogen and oxygen atoms in total. The van der Waals surface area contributed by atoms with Gasteiger partial charge < -0.3 is 9.16 Å². The van der Waals surface area contributed by atoms with Crippen molar-refractivity contribution in [1.82, 2.24) is 0 Å². The van der Waals surface area contributed by atoms with Gasteiger partial charge in [0.15, 0.2) is 8.32 Å². The van der Waals surface area contributed by atoms with Gasteiger partial charge in [0.1, 0.15) is 5.75 Å². The maximum atomic E-state index is 13.3. The lowest BCUT2D eigenvalue weighted by molar-refractivity contribution is -0.134. The third-order valence-corrected chi connectivity index (χ3v) is 13.3. The van der Waals surface area contributed by atoms with Crippen LogP contribution in [-0.2, 0) is 15.6 Å². The lowest BCUT2D eigenvalue weighted by atomic mass is 10.1. The van der Waals surface area contributed by atoms with E-state index in [0.717, 1.165) is 5.56 Å². The molecule has 2 amide bonds. The van der Waals surface area contributed by atoms with Crippen LogP contribution in [0.2, 0.25) is 16.6 Å². The number of hydrogen-bond acceptors (Lipinski definition) is 5. The molecule has 0 aliphatic carbocycles. The minimum Gasteiger partial charge on any atom is -0.426 e. The van der Waals surface area contributed by atoms with E-state index in [0.29, 0.717) is 65.1 Å². The Balaban J connectivity index is 1.95. The minimum atomic E-state index is -2.07. The van der Waals surface area contributed by atoms with E-state index in [1.165, 1.54) is 4.90 Å².